The Morgan fingerprint density at radius 1 is 1.67 bits per heavy atom. The Balaban J connectivity index is 0.00000121. The second-order valence-corrected chi connectivity index (χ2v) is 1.99. The Labute approximate surface area is 73.4 Å². The number of hydrogen-bond donors (Lipinski definition) is 2. The highest BCUT2D eigenvalue weighted by molar-refractivity contribution is 6.24. The van der Waals surface area contributed by atoms with Crippen LogP contribution in [0, 0.1) is 0 Å². The average molecular weight is 191 g/mol. The van der Waals surface area contributed by atoms with Gasteiger partial charge < -0.3 is 10.6 Å². The normalized spacial score (nSPS) is 8.42. The molecular weight excluding hydrogens is 184 g/mol. The molecule has 1 heterocycles. The first-order chi connectivity index (χ1) is 5.25. The summed E-state index contributed by atoms with van der Waals surface area (Å²) in [6.45, 7) is 0. The van der Waals surface area contributed by atoms with Crippen molar-refractivity contribution in [1.82, 2.24) is 4.98 Å². The zero-order valence-corrected chi connectivity index (χ0v) is 6.67. The number of rotatable bonds is 2. The Bertz CT molecular complexity index is 279. The monoisotopic (exact) mass is 190 g/mol. The smallest absolute Gasteiger partial charge is 0.356 e. The molecule has 0 aliphatic carbocycles. The van der Waals surface area contributed by atoms with Gasteiger partial charge in [-0.2, -0.15) is 0 Å². The Morgan fingerprint density at radius 2 is 2.33 bits per heavy atom. The fraction of sp³-hybridized carbons (Fsp3) is 0. The van der Waals surface area contributed by atoms with Gasteiger partial charge in [0, 0.05) is 18.0 Å². The Kier molecular flexibility index (Phi) is 4.03. The van der Waals surface area contributed by atoms with Crippen molar-refractivity contribution in [3.8, 4) is 0 Å². The highest BCUT2D eigenvalue weighted by Gasteiger charge is 2.08. The lowest BCUT2D eigenvalue weighted by molar-refractivity contribution is 0.0692. The second kappa shape index (κ2) is 4.53. The third kappa shape index (κ3) is 2.08. The van der Waals surface area contributed by atoms with E-state index < -0.39 is 5.97 Å². The van der Waals surface area contributed by atoms with Crippen LogP contribution in [-0.2, 0) is 0 Å². The highest BCUT2D eigenvalue weighted by atomic mass is 35.5. The lowest BCUT2D eigenvalue weighted by Gasteiger charge is -1.99. The SMILES string of the molecule is O.O=C(O)c1ncccc1NCl. The summed E-state index contributed by atoms with van der Waals surface area (Å²) in [7, 11) is 0. The van der Waals surface area contributed by atoms with Crippen LogP contribution in [-0.4, -0.2) is 21.5 Å². The lowest BCUT2D eigenvalue weighted by Crippen LogP contribution is -2.02. The quantitative estimate of drug-likeness (QED) is 0.665. The number of pyridine rings is 1. The molecule has 66 valence electrons. The first-order valence-corrected chi connectivity index (χ1v) is 3.18. The number of aromatic carboxylic acids is 1. The third-order valence-corrected chi connectivity index (χ3v) is 1.32. The highest BCUT2D eigenvalue weighted by Crippen LogP contribution is 2.11. The van der Waals surface area contributed by atoms with Gasteiger partial charge in [-0.3, -0.25) is 4.84 Å². The maximum absolute atomic E-state index is 10.4. The molecule has 0 fully saturated rings. The number of aromatic nitrogens is 1. The minimum atomic E-state index is -1.10. The summed E-state index contributed by atoms with van der Waals surface area (Å²) in [6.07, 6.45) is 1.39. The summed E-state index contributed by atoms with van der Waals surface area (Å²) in [5.41, 5.74) is 0.212. The van der Waals surface area contributed by atoms with E-state index in [9.17, 15) is 4.79 Å². The molecule has 1 rings (SSSR count). The summed E-state index contributed by atoms with van der Waals surface area (Å²) in [4.78, 5) is 16.2. The molecule has 0 unspecified atom stereocenters. The van der Waals surface area contributed by atoms with Gasteiger partial charge in [-0.1, -0.05) is 0 Å². The number of anilines is 1. The van der Waals surface area contributed by atoms with Crippen molar-refractivity contribution in [3.05, 3.63) is 24.0 Å². The van der Waals surface area contributed by atoms with E-state index in [1.807, 2.05) is 0 Å². The Morgan fingerprint density at radius 3 is 2.75 bits per heavy atom. The van der Waals surface area contributed by atoms with E-state index in [2.05, 4.69) is 9.82 Å². The van der Waals surface area contributed by atoms with Crippen molar-refractivity contribution in [2.75, 3.05) is 4.84 Å². The van der Waals surface area contributed by atoms with E-state index in [0.717, 1.165) is 0 Å². The average Bonchev–Trinajstić information content (AvgIpc) is 2.04. The molecule has 0 bridgehead atoms. The summed E-state index contributed by atoms with van der Waals surface area (Å²) in [6, 6.07) is 3.13. The number of nitrogens with zero attached hydrogens (tertiary/aromatic N) is 1. The van der Waals surface area contributed by atoms with Crippen LogP contribution >= 0.6 is 11.8 Å². The molecule has 0 radical (unpaired) electrons. The third-order valence-electron chi connectivity index (χ3n) is 1.11. The number of carbonyl (C=O) groups is 1. The first-order valence-electron chi connectivity index (χ1n) is 2.80. The molecule has 1 aromatic rings. The van der Waals surface area contributed by atoms with Crippen LogP contribution < -0.4 is 4.84 Å². The van der Waals surface area contributed by atoms with Crippen LogP contribution in [0.1, 0.15) is 10.5 Å². The molecule has 0 atom stereocenters. The van der Waals surface area contributed by atoms with Gasteiger partial charge in [0.15, 0.2) is 5.69 Å². The van der Waals surface area contributed by atoms with Crippen molar-refractivity contribution >= 4 is 23.4 Å². The Hall–Kier alpha value is -1.33. The molecule has 0 aliphatic heterocycles. The van der Waals surface area contributed by atoms with E-state index in [4.69, 9.17) is 16.9 Å². The molecule has 5 nitrogen and oxygen atoms in total. The first kappa shape index (κ1) is 10.7. The molecule has 12 heavy (non-hydrogen) atoms. The maximum atomic E-state index is 10.4. The molecule has 0 aliphatic rings. The van der Waals surface area contributed by atoms with Crippen LogP contribution in [0.4, 0.5) is 5.69 Å². The minimum Gasteiger partial charge on any atom is -0.476 e. The zero-order valence-electron chi connectivity index (χ0n) is 5.91. The predicted octanol–water partition coefficient (Wildman–Crippen LogP) is 0.521. The van der Waals surface area contributed by atoms with Crippen molar-refractivity contribution in [1.29, 1.82) is 0 Å². The molecule has 0 spiro atoms. The van der Waals surface area contributed by atoms with Crippen LogP contribution in [0.15, 0.2) is 18.3 Å². The van der Waals surface area contributed by atoms with Gasteiger partial charge in [-0.05, 0) is 12.1 Å². The fourth-order valence-electron chi connectivity index (χ4n) is 0.652. The number of carboxylic acid groups (broad SMARTS) is 1. The van der Waals surface area contributed by atoms with Crippen LogP contribution in [0.5, 0.6) is 0 Å². The van der Waals surface area contributed by atoms with Crippen molar-refractivity contribution in [2.45, 2.75) is 0 Å². The lowest BCUT2D eigenvalue weighted by atomic mass is 10.3. The van der Waals surface area contributed by atoms with Gasteiger partial charge >= 0.3 is 5.97 Å². The summed E-state index contributed by atoms with van der Waals surface area (Å²) in [5, 5.41) is 8.54. The molecule has 1 aromatic heterocycles. The molecule has 0 amide bonds. The van der Waals surface area contributed by atoms with Crippen molar-refractivity contribution in [3.63, 3.8) is 0 Å². The largest absolute Gasteiger partial charge is 0.476 e. The van der Waals surface area contributed by atoms with Crippen molar-refractivity contribution < 1.29 is 15.4 Å². The van der Waals surface area contributed by atoms with E-state index in [1.54, 1.807) is 6.07 Å². The van der Waals surface area contributed by atoms with Gasteiger partial charge in [-0.15, -0.1) is 0 Å². The predicted molar refractivity (Wildman–Crippen MR) is 44.3 cm³/mol. The van der Waals surface area contributed by atoms with Crippen LogP contribution in [0.2, 0.25) is 0 Å². The van der Waals surface area contributed by atoms with Crippen LogP contribution in [0.3, 0.4) is 0 Å². The molecule has 0 aromatic carbocycles. The standard InChI is InChI=1S/C6H5ClN2O2.H2O/c7-9-4-2-1-3-8-5(4)6(10)11;/h1-3,9H,(H,10,11);1H2. The minimum absolute atomic E-state index is 0. The van der Waals surface area contributed by atoms with E-state index in [-0.39, 0.29) is 11.2 Å². The zero-order chi connectivity index (χ0) is 8.27. The molecule has 6 heteroatoms. The molecule has 0 saturated carbocycles. The number of carboxylic acids is 1. The molecule has 0 saturated heterocycles. The maximum Gasteiger partial charge on any atom is 0.356 e. The summed E-state index contributed by atoms with van der Waals surface area (Å²) < 4.78 is 0. The summed E-state index contributed by atoms with van der Waals surface area (Å²) >= 11 is 5.22. The molecule has 4 N–H and O–H groups in total. The topological polar surface area (TPSA) is 93.7 Å². The van der Waals surface area contributed by atoms with Gasteiger partial charge in [0.05, 0.1) is 5.69 Å². The van der Waals surface area contributed by atoms with E-state index in [0.29, 0.717) is 5.69 Å². The van der Waals surface area contributed by atoms with Gasteiger partial charge in [-0.25, -0.2) is 9.78 Å². The molecular formula is C6H7ClN2O3. The van der Waals surface area contributed by atoms with E-state index in [1.165, 1.54) is 12.3 Å². The van der Waals surface area contributed by atoms with Gasteiger partial charge in [0.2, 0.25) is 0 Å². The number of hydrogen-bond acceptors (Lipinski definition) is 3. The number of halogens is 1. The van der Waals surface area contributed by atoms with E-state index >= 15 is 0 Å². The summed E-state index contributed by atoms with van der Waals surface area (Å²) in [5.74, 6) is -1.10. The fourth-order valence-corrected chi connectivity index (χ4v) is 0.804. The number of nitrogens with one attached hydrogen (secondary N) is 1. The van der Waals surface area contributed by atoms with Crippen molar-refractivity contribution in [2.24, 2.45) is 0 Å². The second-order valence-electron chi connectivity index (χ2n) is 1.80. The van der Waals surface area contributed by atoms with Crippen LogP contribution in [0.25, 0.3) is 0 Å². The van der Waals surface area contributed by atoms with Gasteiger partial charge in [0.1, 0.15) is 0 Å². The van der Waals surface area contributed by atoms with Gasteiger partial charge in [0.25, 0.3) is 0 Å².